The summed E-state index contributed by atoms with van der Waals surface area (Å²) in [6, 6.07) is 16.1. The van der Waals surface area contributed by atoms with Gasteiger partial charge in [-0.1, -0.05) is 60.7 Å². The van der Waals surface area contributed by atoms with Gasteiger partial charge in [0, 0.05) is 11.1 Å². The molecule has 0 atom stereocenters. The summed E-state index contributed by atoms with van der Waals surface area (Å²) in [5.41, 5.74) is -2.19. The fourth-order valence-electron chi connectivity index (χ4n) is 3.46. The number of rotatable bonds is 8. The van der Waals surface area contributed by atoms with Crippen LogP contribution in [0.25, 0.3) is 34.3 Å². The summed E-state index contributed by atoms with van der Waals surface area (Å²) in [4.78, 5) is 18.6. The molecule has 43 heavy (non-hydrogen) atoms. The number of hydrogen-bond donors (Lipinski definition) is 0. The molecule has 0 saturated carbocycles. The van der Waals surface area contributed by atoms with Gasteiger partial charge in [-0.15, -0.1) is 0 Å². The van der Waals surface area contributed by atoms with Crippen LogP contribution in [0.5, 0.6) is 0 Å². The third kappa shape index (κ3) is 5.11. The Kier molecular flexibility index (Phi) is 7.64. The Bertz CT molecular complexity index is 1520. The topological polar surface area (TPSA) is 64.5 Å². The second-order valence-corrected chi connectivity index (χ2v) is 8.69. The lowest BCUT2D eigenvalue weighted by atomic mass is 9.92. The average molecular weight is 629 g/mol. The largest absolute Gasteiger partial charge is 0.460 e. The van der Waals surface area contributed by atoms with Gasteiger partial charge in [0.1, 0.15) is 11.4 Å². The van der Waals surface area contributed by atoms with Gasteiger partial charge in [-0.25, -0.2) is 19.9 Å². The molecule has 0 aliphatic rings. The van der Waals surface area contributed by atoms with Crippen molar-refractivity contribution in [3.8, 4) is 34.3 Å². The Morgan fingerprint density at radius 2 is 0.837 bits per heavy atom. The Balaban J connectivity index is 1.76. The van der Waals surface area contributed by atoms with Crippen molar-refractivity contribution in [2.45, 2.75) is 35.8 Å². The van der Waals surface area contributed by atoms with E-state index in [1.54, 1.807) is 60.7 Å². The second-order valence-electron chi connectivity index (χ2n) is 8.69. The van der Waals surface area contributed by atoms with Crippen molar-refractivity contribution >= 4 is 0 Å². The van der Waals surface area contributed by atoms with Crippen LogP contribution < -0.4 is 0 Å². The van der Waals surface area contributed by atoms with Gasteiger partial charge in [-0.2, -0.15) is 57.1 Å². The molecule has 0 amide bonds. The first kappa shape index (κ1) is 31.6. The van der Waals surface area contributed by atoms with Gasteiger partial charge in [0.25, 0.3) is 0 Å². The molecule has 0 bridgehead atoms. The smallest absolute Gasteiger partial charge is 0.251 e. The molecule has 0 aliphatic heterocycles. The van der Waals surface area contributed by atoms with Crippen molar-refractivity contribution in [1.82, 2.24) is 24.9 Å². The zero-order chi connectivity index (χ0) is 32.1. The molecular weight excluding hydrogens is 617 g/mol. The van der Waals surface area contributed by atoms with Crippen LogP contribution in [-0.4, -0.2) is 54.8 Å². The average Bonchev–Trinajstić information content (AvgIpc) is 2.97. The van der Waals surface area contributed by atoms with E-state index in [-0.39, 0.29) is 24.0 Å². The highest BCUT2D eigenvalue weighted by atomic mass is 19.4. The highest BCUT2D eigenvalue weighted by Gasteiger charge is 2.91. The van der Waals surface area contributed by atoms with E-state index in [4.69, 9.17) is 0 Å². The maximum atomic E-state index is 14.5. The number of nitrogens with zero attached hydrogens (tertiary/aromatic N) is 5. The van der Waals surface area contributed by atoms with Crippen LogP contribution in [0.15, 0.2) is 73.1 Å². The molecule has 4 aromatic rings. The summed E-state index contributed by atoms with van der Waals surface area (Å²) in [5, 5.41) is 0. The summed E-state index contributed by atoms with van der Waals surface area (Å²) >= 11 is 0. The van der Waals surface area contributed by atoms with Crippen LogP contribution >= 0.6 is 0 Å². The first-order valence-electron chi connectivity index (χ1n) is 11.4. The first-order valence-corrected chi connectivity index (χ1v) is 11.4. The maximum absolute atomic E-state index is 14.5. The highest BCUT2D eigenvalue weighted by molar-refractivity contribution is 5.64. The van der Waals surface area contributed by atoms with Gasteiger partial charge < -0.3 is 0 Å². The van der Waals surface area contributed by atoms with E-state index in [2.05, 4.69) is 24.9 Å². The lowest BCUT2D eigenvalue weighted by Gasteiger charge is -2.39. The van der Waals surface area contributed by atoms with Crippen LogP contribution in [-0.2, 0) is 5.92 Å². The maximum Gasteiger partial charge on any atom is 0.460 e. The van der Waals surface area contributed by atoms with E-state index in [9.17, 15) is 57.1 Å². The Morgan fingerprint density at radius 3 is 1.23 bits per heavy atom. The quantitative estimate of drug-likeness (QED) is 0.186. The van der Waals surface area contributed by atoms with E-state index in [1.165, 1.54) is 0 Å². The molecule has 0 N–H and O–H groups in total. The van der Waals surface area contributed by atoms with Crippen LogP contribution in [0.2, 0.25) is 0 Å². The van der Waals surface area contributed by atoms with Gasteiger partial charge in [-0.05, 0) is 0 Å². The molecule has 0 fully saturated rings. The van der Waals surface area contributed by atoms with Crippen molar-refractivity contribution in [3.05, 3.63) is 78.8 Å². The molecule has 0 radical (unpaired) electrons. The van der Waals surface area contributed by atoms with Crippen molar-refractivity contribution in [1.29, 1.82) is 0 Å². The lowest BCUT2D eigenvalue weighted by molar-refractivity contribution is -0.442. The fourth-order valence-corrected chi connectivity index (χ4v) is 3.46. The van der Waals surface area contributed by atoms with E-state index in [0.717, 1.165) is 0 Å². The van der Waals surface area contributed by atoms with Gasteiger partial charge in [-0.3, -0.25) is 4.98 Å². The second kappa shape index (κ2) is 10.4. The monoisotopic (exact) mass is 629 g/mol. The molecule has 4 rings (SSSR count). The third-order valence-electron chi connectivity index (χ3n) is 5.84. The Morgan fingerprint density at radius 1 is 0.419 bits per heavy atom. The summed E-state index contributed by atoms with van der Waals surface area (Å²) in [5.74, 6) is -38.3. The highest BCUT2D eigenvalue weighted by Crippen LogP contribution is 2.61. The van der Waals surface area contributed by atoms with Crippen LogP contribution in [0, 0.1) is 0 Å². The molecule has 0 saturated heterocycles. The first-order chi connectivity index (χ1) is 19.8. The minimum Gasteiger partial charge on any atom is -0.251 e. The summed E-state index contributed by atoms with van der Waals surface area (Å²) < 4.78 is 176. The van der Waals surface area contributed by atoms with Crippen LogP contribution in [0.1, 0.15) is 5.69 Å². The molecule has 0 unspecified atom stereocenters. The molecule has 18 heteroatoms. The third-order valence-corrected chi connectivity index (χ3v) is 5.84. The van der Waals surface area contributed by atoms with E-state index in [0.29, 0.717) is 11.1 Å². The number of aromatic nitrogens is 5. The number of alkyl halides is 13. The van der Waals surface area contributed by atoms with Crippen molar-refractivity contribution < 1.29 is 57.1 Å². The van der Waals surface area contributed by atoms with E-state index in [1.807, 2.05) is 0 Å². The SMILES string of the molecule is FC(F)(F)C(F)(F)C(F)(F)C(F)(F)C(F)(F)C(F)(F)c1cnc(-c2nc(-c3ccccc3)nc(-c3ccccc3)n2)cn1. The zero-order valence-corrected chi connectivity index (χ0v) is 20.6. The molecule has 0 aliphatic carbocycles. The summed E-state index contributed by atoms with van der Waals surface area (Å²) in [6.45, 7) is 0. The molecule has 228 valence electrons. The minimum atomic E-state index is -8.02. The molecule has 2 aromatic carbocycles. The minimum absolute atomic E-state index is 0.000316. The molecule has 2 aromatic heterocycles. The molecule has 5 nitrogen and oxygen atoms in total. The molecule has 0 spiro atoms. The van der Waals surface area contributed by atoms with Gasteiger partial charge in [0.15, 0.2) is 17.5 Å². The van der Waals surface area contributed by atoms with Crippen molar-refractivity contribution in [3.63, 3.8) is 0 Å². The molecule has 2 heterocycles. The van der Waals surface area contributed by atoms with E-state index >= 15 is 0 Å². The van der Waals surface area contributed by atoms with Gasteiger partial charge in [0.2, 0.25) is 0 Å². The van der Waals surface area contributed by atoms with Crippen LogP contribution in [0.3, 0.4) is 0 Å². The zero-order valence-electron chi connectivity index (χ0n) is 20.6. The number of hydrogen-bond acceptors (Lipinski definition) is 5. The Hall–Kier alpha value is -4.38. The molecular formula is C25H12F13N5. The normalized spacial score (nSPS) is 13.7. The number of halogens is 13. The standard InChI is InChI=1S/C25H12F13N5/c26-20(27,21(28,29)22(30,31)23(32,33)24(34,35)25(36,37)38)16-12-39-15(11-40-16)19-42-17(13-7-3-1-4-8-13)41-18(43-19)14-9-5-2-6-10-14/h1-12H. The predicted octanol–water partition coefficient (Wildman–Crippen LogP) is 7.86. The predicted molar refractivity (Wildman–Crippen MR) is 121 cm³/mol. The lowest BCUT2D eigenvalue weighted by Crippen LogP contribution is -2.69. The summed E-state index contributed by atoms with van der Waals surface area (Å²) in [7, 11) is 0. The van der Waals surface area contributed by atoms with Crippen LogP contribution in [0.4, 0.5) is 57.1 Å². The number of benzene rings is 2. The van der Waals surface area contributed by atoms with E-state index < -0.39 is 53.0 Å². The summed E-state index contributed by atoms with van der Waals surface area (Å²) in [6.07, 6.45) is -7.55. The van der Waals surface area contributed by atoms with Crippen molar-refractivity contribution in [2.24, 2.45) is 0 Å². The van der Waals surface area contributed by atoms with Gasteiger partial charge >= 0.3 is 35.8 Å². The van der Waals surface area contributed by atoms with Gasteiger partial charge in [0.05, 0.1) is 12.4 Å². The Labute approximate surface area is 231 Å². The van der Waals surface area contributed by atoms with Crippen molar-refractivity contribution in [2.75, 3.05) is 0 Å². The fraction of sp³-hybridized carbons (Fsp3) is 0.240.